The smallest absolute Gasteiger partial charge is 0.00698 e. The van der Waals surface area contributed by atoms with Gasteiger partial charge in [0.25, 0.3) is 0 Å². The normalized spacial score (nSPS) is 29.8. The molecule has 0 bridgehead atoms. The highest BCUT2D eigenvalue weighted by Gasteiger charge is 2.23. The van der Waals surface area contributed by atoms with Gasteiger partial charge in [0.05, 0.1) is 0 Å². The van der Waals surface area contributed by atoms with E-state index in [1.807, 2.05) is 0 Å². The van der Waals surface area contributed by atoms with Crippen molar-refractivity contribution in [3.8, 4) is 0 Å². The van der Waals surface area contributed by atoms with Crippen molar-refractivity contribution in [1.29, 1.82) is 0 Å². The van der Waals surface area contributed by atoms with Gasteiger partial charge in [-0.1, -0.05) is 33.1 Å². The SMILES string of the molecule is CC(C)C1CCCC(NCCCN2CCCCC2)C1. The van der Waals surface area contributed by atoms with E-state index < -0.39 is 0 Å². The summed E-state index contributed by atoms with van der Waals surface area (Å²) in [5, 5.41) is 3.82. The van der Waals surface area contributed by atoms with E-state index in [1.165, 1.54) is 77.5 Å². The number of hydrogen-bond acceptors (Lipinski definition) is 2. The molecule has 112 valence electrons. The fraction of sp³-hybridized carbons (Fsp3) is 1.00. The van der Waals surface area contributed by atoms with Crippen molar-refractivity contribution < 1.29 is 0 Å². The van der Waals surface area contributed by atoms with Crippen LogP contribution in [0.3, 0.4) is 0 Å². The molecule has 1 heterocycles. The van der Waals surface area contributed by atoms with Gasteiger partial charge in [0.2, 0.25) is 0 Å². The summed E-state index contributed by atoms with van der Waals surface area (Å²) in [6.45, 7) is 10.0. The van der Waals surface area contributed by atoms with E-state index in [9.17, 15) is 0 Å². The highest BCUT2D eigenvalue weighted by atomic mass is 15.1. The van der Waals surface area contributed by atoms with Crippen LogP contribution in [0.15, 0.2) is 0 Å². The molecule has 0 spiro atoms. The van der Waals surface area contributed by atoms with Crippen molar-refractivity contribution >= 4 is 0 Å². The number of hydrogen-bond donors (Lipinski definition) is 1. The van der Waals surface area contributed by atoms with Gasteiger partial charge in [-0.15, -0.1) is 0 Å². The van der Waals surface area contributed by atoms with E-state index in [0.29, 0.717) is 0 Å². The molecule has 2 atom stereocenters. The van der Waals surface area contributed by atoms with Crippen LogP contribution in [0.4, 0.5) is 0 Å². The maximum absolute atomic E-state index is 3.82. The van der Waals surface area contributed by atoms with Crippen LogP contribution in [-0.2, 0) is 0 Å². The molecule has 19 heavy (non-hydrogen) atoms. The van der Waals surface area contributed by atoms with E-state index in [-0.39, 0.29) is 0 Å². The Morgan fingerprint density at radius 2 is 1.84 bits per heavy atom. The van der Waals surface area contributed by atoms with Crippen molar-refractivity contribution in [1.82, 2.24) is 10.2 Å². The van der Waals surface area contributed by atoms with Gasteiger partial charge in [-0.2, -0.15) is 0 Å². The minimum absolute atomic E-state index is 0.808. The van der Waals surface area contributed by atoms with Crippen molar-refractivity contribution in [2.24, 2.45) is 11.8 Å². The summed E-state index contributed by atoms with van der Waals surface area (Å²) in [5.41, 5.74) is 0. The molecule has 1 aliphatic carbocycles. The Kier molecular flexibility index (Phi) is 6.66. The summed E-state index contributed by atoms with van der Waals surface area (Å²) in [6, 6.07) is 0.808. The third-order valence-corrected chi connectivity index (χ3v) is 5.19. The first-order valence-corrected chi connectivity index (χ1v) is 8.71. The summed E-state index contributed by atoms with van der Waals surface area (Å²) in [4.78, 5) is 2.66. The maximum Gasteiger partial charge on any atom is 0.00698 e. The quantitative estimate of drug-likeness (QED) is 0.738. The molecule has 2 rings (SSSR count). The van der Waals surface area contributed by atoms with Crippen LogP contribution in [0, 0.1) is 11.8 Å². The lowest BCUT2D eigenvalue weighted by molar-refractivity contribution is 0.213. The molecule has 1 saturated carbocycles. The van der Waals surface area contributed by atoms with Crippen molar-refractivity contribution in [2.45, 2.75) is 71.3 Å². The number of piperidine rings is 1. The lowest BCUT2D eigenvalue weighted by Crippen LogP contribution is -2.38. The number of nitrogens with one attached hydrogen (secondary N) is 1. The topological polar surface area (TPSA) is 15.3 Å². The second-order valence-corrected chi connectivity index (χ2v) is 7.08. The lowest BCUT2D eigenvalue weighted by atomic mass is 9.79. The Labute approximate surface area is 120 Å². The zero-order valence-corrected chi connectivity index (χ0v) is 13.2. The first kappa shape index (κ1) is 15.3. The molecule has 0 aromatic heterocycles. The molecule has 0 amide bonds. The van der Waals surface area contributed by atoms with E-state index in [0.717, 1.165) is 17.9 Å². The van der Waals surface area contributed by atoms with Crippen LogP contribution in [0.25, 0.3) is 0 Å². The van der Waals surface area contributed by atoms with E-state index in [4.69, 9.17) is 0 Å². The van der Waals surface area contributed by atoms with Crippen LogP contribution in [0.1, 0.15) is 65.2 Å². The van der Waals surface area contributed by atoms with Gasteiger partial charge in [-0.3, -0.25) is 0 Å². The second kappa shape index (κ2) is 8.26. The molecule has 2 heteroatoms. The van der Waals surface area contributed by atoms with Crippen LogP contribution >= 0.6 is 0 Å². The van der Waals surface area contributed by atoms with Gasteiger partial charge >= 0.3 is 0 Å². The Morgan fingerprint density at radius 1 is 1.05 bits per heavy atom. The molecule has 1 saturated heterocycles. The molecule has 0 aromatic rings. The molecule has 2 unspecified atom stereocenters. The fourth-order valence-corrected chi connectivity index (χ4v) is 3.81. The molecule has 2 fully saturated rings. The first-order chi connectivity index (χ1) is 9.25. The monoisotopic (exact) mass is 266 g/mol. The Morgan fingerprint density at radius 3 is 2.58 bits per heavy atom. The van der Waals surface area contributed by atoms with E-state index in [1.54, 1.807) is 0 Å². The Bertz CT molecular complexity index is 233. The zero-order valence-electron chi connectivity index (χ0n) is 13.2. The predicted molar refractivity (Wildman–Crippen MR) is 83.5 cm³/mol. The van der Waals surface area contributed by atoms with Crippen molar-refractivity contribution in [3.63, 3.8) is 0 Å². The number of nitrogens with zero attached hydrogens (tertiary/aromatic N) is 1. The van der Waals surface area contributed by atoms with Gasteiger partial charge in [0.15, 0.2) is 0 Å². The Hall–Kier alpha value is -0.0800. The third kappa shape index (κ3) is 5.43. The van der Waals surface area contributed by atoms with Gasteiger partial charge < -0.3 is 10.2 Å². The zero-order chi connectivity index (χ0) is 13.5. The maximum atomic E-state index is 3.82. The van der Waals surface area contributed by atoms with Gasteiger partial charge in [-0.05, 0) is 70.1 Å². The van der Waals surface area contributed by atoms with E-state index in [2.05, 4.69) is 24.1 Å². The van der Waals surface area contributed by atoms with Gasteiger partial charge in [0, 0.05) is 6.04 Å². The molecule has 1 aliphatic heterocycles. The standard InChI is InChI=1S/C17H34N2/c1-15(2)16-8-6-9-17(14-16)18-10-7-13-19-11-4-3-5-12-19/h15-18H,3-14H2,1-2H3. The van der Waals surface area contributed by atoms with Gasteiger partial charge in [-0.25, -0.2) is 0 Å². The summed E-state index contributed by atoms with van der Waals surface area (Å²) in [6.07, 6.45) is 11.4. The van der Waals surface area contributed by atoms with Gasteiger partial charge in [0.1, 0.15) is 0 Å². The predicted octanol–water partition coefficient (Wildman–Crippen LogP) is 3.67. The first-order valence-electron chi connectivity index (χ1n) is 8.71. The van der Waals surface area contributed by atoms with Crippen LogP contribution < -0.4 is 5.32 Å². The second-order valence-electron chi connectivity index (χ2n) is 7.08. The number of likely N-dealkylation sites (tertiary alicyclic amines) is 1. The molecular weight excluding hydrogens is 232 g/mol. The molecule has 2 nitrogen and oxygen atoms in total. The summed E-state index contributed by atoms with van der Waals surface area (Å²) in [5.74, 6) is 1.84. The largest absolute Gasteiger partial charge is 0.314 e. The summed E-state index contributed by atoms with van der Waals surface area (Å²) < 4.78 is 0. The fourth-order valence-electron chi connectivity index (χ4n) is 3.81. The highest BCUT2D eigenvalue weighted by Crippen LogP contribution is 2.29. The molecule has 1 N–H and O–H groups in total. The molecule has 0 radical (unpaired) electrons. The van der Waals surface area contributed by atoms with Crippen molar-refractivity contribution in [3.05, 3.63) is 0 Å². The molecule has 2 aliphatic rings. The minimum atomic E-state index is 0.808. The van der Waals surface area contributed by atoms with Crippen molar-refractivity contribution in [2.75, 3.05) is 26.2 Å². The highest BCUT2D eigenvalue weighted by molar-refractivity contribution is 4.79. The summed E-state index contributed by atoms with van der Waals surface area (Å²) in [7, 11) is 0. The van der Waals surface area contributed by atoms with Crippen LogP contribution in [0.2, 0.25) is 0 Å². The average molecular weight is 266 g/mol. The average Bonchev–Trinajstić information content (AvgIpc) is 2.45. The Balaban J connectivity index is 1.55. The number of rotatable bonds is 6. The van der Waals surface area contributed by atoms with E-state index >= 15 is 0 Å². The lowest BCUT2D eigenvalue weighted by Gasteiger charge is -2.32. The summed E-state index contributed by atoms with van der Waals surface area (Å²) >= 11 is 0. The molecular formula is C17H34N2. The minimum Gasteiger partial charge on any atom is -0.314 e. The van der Waals surface area contributed by atoms with Crippen LogP contribution in [0.5, 0.6) is 0 Å². The molecule has 0 aromatic carbocycles. The third-order valence-electron chi connectivity index (χ3n) is 5.19. The van der Waals surface area contributed by atoms with Crippen LogP contribution in [-0.4, -0.2) is 37.1 Å².